The summed E-state index contributed by atoms with van der Waals surface area (Å²) in [5, 5.41) is 7.29. The summed E-state index contributed by atoms with van der Waals surface area (Å²) in [5.74, 6) is 0.529. The maximum absolute atomic E-state index is 12.3. The molecule has 1 fully saturated rings. The number of aromatic nitrogens is 3. The van der Waals surface area contributed by atoms with Crippen LogP contribution in [0.5, 0.6) is 0 Å². The number of hydrogen-bond acceptors (Lipinski definition) is 4. The van der Waals surface area contributed by atoms with E-state index in [9.17, 15) is 9.59 Å². The number of likely N-dealkylation sites (tertiary alicyclic amines) is 1. The van der Waals surface area contributed by atoms with Gasteiger partial charge in [0.2, 0.25) is 5.91 Å². The summed E-state index contributed by atoms with van der Waals surface area (Å²) in [5.41, 5.74) is 2.39. The number of amides is 2. The van der Waals surface area contributed by atoms with Crippen molar-refractivity contribution in [2.24, 2.45) is 0 Å². The highest BCUT2D eigenvalue weighted by Crippen LogP contribution is 2.13. The Morgan fingerprint density at radius 2 is 2.12 bits per heavy atom. The Labute approximate surface area is 140 Å². The van der Waals surface area contributed by atoms with Gasteiger partial charge in [0.05, 0.1) is 11.3 Å². The monoisotopic (exact) mass is 327 g/mol. The molecule has 1 unspecified atom stereocenters. The molecule has 1 atom stereocenters. The van der Waals surface area contributed by atoms with Crippen LogP contribution in [0.3, 0.4) is 0 Å². The zero-order valence-electron chi connectivity index (χ0n) is 14.1. The second-order valence-corrected chi connectivity index (χ2v) is 6.22. The van der Waals surface area contributed by atoms with Crippen LogP contribution in [0.2, 0.25) is 0 Å². The third kappa shape index (κ3) is 3.29. The third-order valence-corrected chi connectivity index (χ3v) is 4.23. The summed E-state index contributed by atoms with van der Waals surface area (Å²) < 4.78 is 1.74. The molecule has 3 heterocycles. The van der Waals surface area contributed by atoms with Gasteiger partial charge in [-0.1, -0.05) is 0 Å². The van der Waals surface area contributed by atoms with Crippen molar-refractivity contribution in [3.8, 4) is 5.82 Å². The highest BCUT2D eigenvalue weighted by atomic mass is 16.2. The van der Waals surface area contributed by atoms with Crippen molar-refractivity contribution in [2.45, 2.75) is 32.7 Å². The van der Waals surface area contributed by atoms with Gasteiger partial charge < -0.3 is 10.2 Å². The fraction of sp³-hybridized carbons (Fsp3) is 0.412. The SMILES string of the molecule is Cc1cc(C)n(-c2ccc(C(=O)NC3CCN(C)C(=O)C3)cn2)n1. The second-order valence-electron chi connectivity index (χ2n) is 6.22. The van der Waals surface area contributed by atoms with Crippen molar-refractivity contribution in [3.05, 3.63) is 41.3 Å². The number of nitrogens with one attached hydrogen (secondary N) is 1. The first-order valence-corrected chi connectivity index (χ1v) is 7.98. The van der Waals surface area contributed by atoms with Crippen LogP contribution in [-0.2, 0) is 4.79 Å². The second kappa shape index (κ2) is 6.43. The van der Waals surface area contributed by atoms with Gasteiger partial charge in [0.15, 0.2) is 5.82 Å². The number of rotatable bonds is 3. The van der Waals surface area contributed by atoms with Gasteiger partial charge in [-0.15, -0.1) is 0 Å². The summed E-state index contributed by atoms with van der Waals surface area (Å²) in [6, 6.07) is 5.36. The molecule has 7 heteroatoms. The molecule has 0 spiro atoms. The highest BCUT2D eigenvalue weighted by molar-refractivity contribution is 5.94. The largest absolute Gasteiger partial charge is 0.349 e. The van der Waals surface area contributed by atoms with Gasteiger partial charge in [-0.3, -0.25) is 9.59 Å². The Morgan fingerprint density at radius 3 is 2.71 bits per heavy atom. The molecule has 2 aromatic heterocycles. The van der Waals surface area contributed by atoms with Crippen molar-refractivity contribution in [1.29, 1.82) is 0 Å². The van der Waals surface area contributed by atoms with Crippen LogP contribution < -0.4 is 5.32 Å². The van der Waals surface area contributed by atoms with E-state index in [0.717, 1.165) is 17.8 Å². The van der Waals surface area contributed by atoms with Gasteiger partial charge in [-0.2, -0.15) is 5.10 Å². The molecule has 1 saturated heterocycles. The lowest BCUT2D eigenvalue weighted by Gasteiger charge is -2.29. The van der Waals surface area contributed by atoms with Gasteiger partial charge in [-0.25, -0.2) is 9.67 Å². The molecule has 0 bridgehead atoms. The minimum atomic E-state index is -0.204. The molecule has 0 saturated carbocycles. The van der Waals surface area contributed by atoms with E-state index in [1.807, 2.05) is 19.9 Å². The summed E-state index contributed by atoms with van der Waals surface area (Å²) in [6.07, 6.45) is 2.66. The fourth-order valence-corrected chi connectivity index (χ4v) is 2.84. The molecule has 2 aromatic rings. The van der Waals surface area contributed by atoms with Crippen molar-refractivity contribution in [3.63, 3.8) is 0 Å². The quantitative estimate of drug-likeness (QED) is 0.919. The Morgan fingerprint density at radius 1 is 1.33 bits per heavy atom. The summed E-state index contributed by atoms with van der Waals surface area (Å²) in [6.45, 7) is 4.55. The average Bonchev–Trinajstić information content (AvgIpc) is 2.89. The Kier molecular flexibility index (Phi) is 4.33. The smallest absolute Gasteiger partial charge is 0.253 e. The Hall–Kier alpha value is -2.70. The van der Waals surface area contributed by atoms with Crippen LogP contribution in [0.4, 0.5) is 0 Å². The molecule has 126 valence electrons. The van der Waals surface area contributed by atoms with Gasteiger partial charge in [0, 0.05) is 37.9 Å². The molecule has 1 N–H and O–H groups in total. The summed E-state index contributed by atoms with van der Waals surface area (Å²) in [4.78, 5) is 30.0. The van der Waals surface area contributed by atoms with E-state index in [1.165, 1.54) is 6.20 Å². The van der Waals surface area contributed by atoms with E-state index in [4.69, 9.17) is 0 Å². The Bertz CT molecular complexity index is 766. The van der Waals surface area contributed by atoms with E-state index in [2.05, 4.69) is 15.4 Å². The van der Waals surface area contributed by atoms with Gasteiger partial charge >= 0.3 is 0 Å². The van der Waals surface area contributed by atoms with E-state index in [0.29, 0.717) is 24.3 Å². The first-order valence-electron chi connectivity index (χ1n) is 7.98. The molecule has 7 nitrogen and oxygen atoms in total. The zero-order valence-corrected chi connectivity index (χ0v) is 14.1. The Balaban J connectivity index is 1.68. The number of nitrogens with zero attached hydrogens (tertiary/aromatic N) is 4. The molecule has 24 heavy (non-hydrogen) atoms. The topological polar surface area (TPSA) is 80.1 Å². The van der Waals surface area contributed by atoms with E-state index in [1.54, 1.807) is 28.8 Å². The number of aryl methyl sites for hydroxylation is 2. The highest BCUT2D eigenvalue weighted by Gasteiger charge is 2.24. The zero-order chi connectivity index (χ0) is 17.3. The van der Waals surface area contributed by atoms with E-state index < -0.39 is 0 Å². The van der Waals surface area contributed by atoms with Crippen LogP contribution >= 0.6 is 0 Å². The molecule has 0 aliphatic carbocycles. The fourth-order valence-electron chi connectivity index (χ4n) is 2.84. The first-order chi connectivity index (χ1) is 11.4. The van der Waals surface area contributed by atoms with Gasteiger partial charge in [0.25, 0.3) is 5.91 Å². The molecule has 2 amide bonds. The maximum atomic E-state index is 12.3. The normalized spacial score (nSPS) is 17.9. The molecular formula is C17H21N5O2. The van der Waals surface area contributed by atoms with Crippen molar-refractivity contribution in [1.82, 2.24) is 25.0 Å². The lowest BCUT2D eigenvalue weighted by molar-refractivity contribution is -0.132. The number of pyridine rings is 1. The van der Waals surface area contributed by atoms with Crippen molar-refractivity contribution < 1.29 is 9.59 Å². The van der Waals surface area contributed by atoms with Crippen LogP contribution in [0, 0.1) is 13.8 Å². The van der Waals surface area contributed by atoms with Crippen LogP contribution in [0.25, 0.3) is 5.82 Å². The first kappa shape index (κ1) is 16.2. The standard InChI is InChI=1S/C17H21N5O2/c1-11-8-12(2)22(20-11)15-5-4-13(10-18-15)17(24)19-14-6-7-21(3)16(23)9-14/h4-5,8,10,14H,6-7,9H2,1-3H3,(H,19,24). The van der Waals surface area contributed by atoms with Crippen LogP contribution in [0.15, 0.2) is 24.4 Å². The molecule has 1 aliphatic heterocycles. The predicted molar refractivity (Wildman–Crippen MR) is 89.0 cm³/mol. The van der Waals surface area contributed by atoms with E-state index in [-0.39, 0.29) is 17.9 Å². The van der Waals surface area contributed by atoms with Crippen LogP contribution in [0.1, 0.15) is 34.6 Å². The predicted octanol–water partition coefficient (Wildman–Crippen LogP) is 1.23. The maximum Gasteiger partial charge on any atom is 0.253 e. The molecular weight excluding hydrogens is 306 g/mol. The lowest BCUT2D eigenvalue weighted by atomic mass is 10.0. The van der Waals surface area contributed by atoms with Crippen molar-refractivity contribution >= 4 is 11.8 Å². The van der Waals surface area contributed by atoms with Gasteiger partial charge in [0.1, 0.15) is 0 Å². The molecule has 3 rings (SSSR count). The number of carbonyl (C=O) groups excluding carboxylic acids is 2. The summed E-state index contributed by atoms with van der Waals surface area (Å²) in [7, 11) is 1.78. The van der Waals surface area contributed by atoms with Crippen molar-refractivity contribution in [2.75, 3.05) is 13.6 Å². The average molecular weight is 327 g/mol. The minimum absolute atomic E-state index is 0.0598. The van der Waals surface area contributed by atoms with Gasteiger partial charge in [-0.05, 0) is 38.5 Å². The molecule has 1 aliphatic rings. The van der Waals surface area contributed by atoms with Crippen LogP contribution in [-0.4, -0.2) is 51.1 Å². The number of piperidine rings is 1. The van der Waals surface area contributed by atoms with E-state index >= 15 is 0 Å². The summed E-state index contributed by atoms with van der Waals surface area (Å²) >= 11 is 0. The molecule has 0 aromatic carbocycles. The third-order valence-electron chi connectivity index (χ3n) is 4.23. The number of carbonyl (C=O) groups is 2. The molecule has 0 radical (unpaired) electrons. The number of hydrogen-bond donors (Lipinski definition) is 1. The lowest BCUT2D eigenvalue weighted by Crippen LogP contribution is -2.46. The minimum Gasteiger partial charge on any atom is -0.349 e.